The van der Waals surface area contributed by atoms with Crippen molar-refractivity contribution in [2.24, 2.45) is 0 Å². The molecule has 6 nitrogen and oxygen atoms in total. The van der Waals surface area contributed by atoms with Gasteiger partial charge in [-0.25, -0.2) is 4.98 Å². The number of H-pyrrole nitrogens is 2. The van der Waals surface area contributed by atoms with Crippen LogP contribution in [0.15, 0.2) is 11.1 Å². The largest absolute Gasteiger partial charge is 0.369 e. The standard InChI is InChI=1S/C5H5N5O/c6-5-9-3-2(4(11)10-5)7-1-8-3/h1H,(H4,6,7,8,9,10,11)/i1+2. The Balaban J connectivity index is 3.02. The molecule has 0 spiro atoms. The van der Waals surface area contributed by atoms with E-state index in [9.17, 15) is 4.79 Å². The quantitative estimate of drug-likeness (QED) is 0.462. The molecule has 11 heavy (non-hydrogen) atoms. The highest BCUT2D eigenvalue weighted by Gasteiger charge is 2.01. The Labute approximate surface area is 60.5 Å². The van der Waals surface area contributed by atoms with Gasteiger partial charge in [0.05, 0.1) is 6.33 Å². The summed E-state index contributed by atoms with van der Waals surface area (Å²) in [7, 11) is 0. The van der Waals surface area contributed by atoms with Crippen molar-refractivity contribution in [1.82, 2.24) is 19.9 Å². The first kappa shape index (κ1) is 5.90. The molecular weight excluding hydrogens is 148 g/mol. The van der Waals surface area contributed by atoms with Crippen LogP contribution in [-0.2, 0) is 0 Å². The monoisotopic (exact) mass is 153 g/mol. The highest BCUT2D eigenvalue weighted by atomic mass is 16.1. The number of nitrogens with zero attached hydrogens (tertiary/aromatic N) is 2. The predicted molar refractivity (Wildman–Crippen MR) is 38.9 cm³/mol. The van der Waals surface area contributed by atoms with Crippen molar-refractivity contribution in [3.05, 3.63) is 16.7 Å². The maximum atomic E-state index is 11.0. The highest BCUT2D eigenvalue weighted by molar-refractivity contribution is 5.69. The van der Waals surface area contributed by atoms with Gasteiger partial charge in [-0.3, -0.25) is 9.78 Å². The first-order chi connectivity index (χ1) is 5.27. The number of nitrogens with one attached hydrogen (secondary N) is 2. The van der Waals surface area contributed by atoms with Gasteiger partial charge in [-0.2, -0.15) is 4.98 Å². The molecule has 0 atom stereocenters. The number of nitrogens with two attached hydrogens (primary N) is 1. The number of rotatable bonds is 0. The van der Waals surface area contributed by atoms with E-state index < -0.39 is 0 Å². The maximum absolute atomic E-state index is 11.0. The van der Waals surface area contributed by atoms with Crippen molar-refractivity contribution in [2.75, 3.05) is 5.73 Å². The topological polar surface area (TPSA) is 100 Å². The van der Waals surface area contributed by atoms with Crippen molar-refractivity contribution < 1.29 is 0 Å². The molecule has 2 rings (SSSR count). The Morgan fingerprint density at radius 1 is 1.55 bits per heavy atom. The van der Waals surface area contributed by atoms with Gasteiger partial charge in [-0.15, -0.1) is 0 Å². The summed E-state index contributed by atoms with van der Waals surface area (Å²) in [6.45, 7) is 0. The van der Waals surface area contributed by atoms with Crippen LogP contribution in [0.25, 0.3) is 11.2 Å². The molecule has 0 fully saturated rings. The predicted octanol–water partition coefficient (Wildman–Crippen LogP) is -0.772. The van der Waals surface area contributed by atoms with Crippen molar-refractivity contribution in [3.63, 3.8) is 0 Å². The van der Waals surface area contributed by atoms with E-state index in [1.807, 2.05) is 0 Å². The van der Waals surface area contributed by atoms with Gasteiger partial charge in [-0.1, -0.05) is 0 Å². The average molecular weight is 153 g/mol. The lowest BCUT2D eigenvalue weighted by Crippen LogP contribution is -2.10. The van der Waals surface area contributed by atoms with Crippen LogP contribution >= 0.6 is 0 Å². The van der Waals surface area contributed by atoms with Crippen LogP contribution in [0, 0.1) is 0 Å². The molecule has 0 saturated heterocycles. The smallest absolute Gasteiger partial charge is 0.278 e. The van der Waals surface area contributed by atoms with E-state index >= 15 is 0 Å². The fourth-order valence-corrected chi connectivity index (χ4v) is 0.860. The zero-order valence-corrected chi connectivity index (χ0v) is 5.46. The lowest BCUT2D eigenvalue weighted by molar-refractivity contribution is 1.17. The molecule has 2 aromatic rings. The summed E-state index contributed by atoms with van der Waals surface area (Å²) in [5.41, 5.74) is 5.65. The molecule has 0 aromatic carbocycles. The van der Waals surface area contributed by atoms with Crippen molar-refractivity contribution in [1.29, 1.82) is 0 Å². The van der Waals surface area contributed by atoms with Crippen LogP contribution in [0.4, 0.5) is 5.95 Å². The van der Waals surface area contributed by atoms with E-state index in [1.54, 1.807) is 0 Å². The molecule has 2 heterocycles. The van der Waals surface area contributed by atoms with Crippen LogP contribution in [0.2, 0.25) is 0 Å². The number of hydrogen-bond donors (Lipinski definition) is 3. The van der Waals surface area contributed by atoms with Gasteiger partial charge in [0.1, 0.15) is 0 Å². The minimum Gasteiger partial charge on any atom is -0.369 e. The third-order valence-corrected chi connectivity index (χ3v) is 1.31. The number of aromatic nitrogens is 4. The third-order valence-electron chi connectivity index (χ3n) is 1.31. The summed E-state index contributed by atoms with van der Waals surface area (Å²) >= 11 is 0. The molecular formula is C5H5N5O. The zero-order chi connectivity index (χ0) is 7.84. The second-order valence-electron chi connectivity index (χ2n) is 2.05. The van der Waals surface area contributed by atoms with E-state index in [4.69, 9.17) is 5.73 Å². The van der Waals surface area contributed by atoms with Crippen LogP contribution < -0.4 is 11.3 Å². The summed E-state index contributed by atoms with van der Waals surface area (Å²) in [5, 5.41) is 0. The molecule has 4 N–H and O–H groups in total. The van der Waals surface area contributed by atoms with Gasteiger partial charge < -0.3 is 10.7 Å². The fraction of sp³-hybridized carbons (Fsp3) is 0. The first-order valence-corrected chi connectivity index (χ1v) is 2.96. The maximum Gasteiger partial charge on any atom is 0.278 e. The van der Waals surface area contributed by atoms with Crippen molar-refractivity contribution in [3.8, 4) is 0 Å². The lowest BCUT2D eigenvalue weighted by atomic mass is 10.5. The molecule has 0 unspecified atom stereocenters. The lowest BCUT2D eigenvalue weighted by Gasteiger charge is -1.89. The minimum atomic E-state index is -0.301. The van der Waals surface area contributed by atoms with Crippen LogP contribution in [0.5, 0.6) is 0 Å². The normalized spacial score (nSPS) is 10.5. The van der Waals surface area contributed by atoms with E-state index in [0.29, 0.717) is 11.2 Å². The van der Waals surface area contributed by atoms with Gasteiger partial charge in [0.15, 0.2) is 11.2 Å². The summed E-state index contributed by atoms with van der Waals surface area (Å²) in [6.07, 6.45) is 1.40. The zero-order valence-electron chi connectivity index (χ0n) is 5.46. The van der Waals surface area contributed by atoms with E-state index in [0.717, 1.165) is 0 Å². The molecule has 0 saturated carbocycles. The minimum absolute atomic E-state index is 0.0783. The Kier molecular flexibility index (Phi) is 0.974. The Hall–Kier alpha value is -1.85. The van der Waals surface area contributed by atoms with Gasteiger partial charge in [0.2, 0.25) is 5.95 Å². The number of fused-ring (bicyclic) bond motifs is 1. The average Bonchev–Trinajstić information content (AvgIpc) is 2.34. The molecule has 0 amide bonds. The van der Waals surface area contributed by atoms with Gasteiger partial charge >= 0.3 is 0 Å². The Morgan fingerprint density at radius 2 is 2.36 bits per heavy atom. The molecule has 0 aliphatic rings. The Bertz CT molecular complexity index is 441. The number of nitrogen functional groups attached to an aromatic ring is 1. The number of anilines is 1. The SMILES string of the molecule is Nc1nc2n[14cH][nH]c2c(=O)[nH]1. The second-order valence-corrected chi connectivity index (χ2v) is 2.05. The molecule has 6 heteroatoms. The Morgan fingerprint density at radius 3 is 3.18 bits per heavy atom. The summed E-state index contributed by atoms with van der Waals surface area (Å²) in [6, 6.07) is 0. The van der Waals surface area contributed by atoms with Crippen molar-refractivity contribution in [2.45, 2.75) is 0 Å². The molecule has 0 aliphatic carbocycles. The van der Waals surface area contributed by atoms with E-state index in [1.165, 1.54) is 6.33 Å². The summed E-state index contributed by atoms with van der Waals surface area (Å²) < 4.78 is 0. The van der Waals surface area contributed by atoms with Gasteiger partial charge in [0.25, 0.3) is 5.56 Å². The summed E-state index contributed by atoms with van der Waals surface area (Å²) in [5.74, 6) is 0.0783. The van der Waals surface area contributed by atoms with Crippen LogP contribution in [-0.4, -0.2) is 19.9 Å². The van der Waals surface area contributed by atoms with Crippen LogP contribution in [0.1, 0.15) is 0 Å². The molecule has 0 radical (unpaired) electrons. The van der Waals surface area contributed by atoms with Crippen molar-refractivity contribution >= 4 is 17.1 Å². The second kappa shape index (κ2) is 1.82. The molecule has 0 aliphatic heterocycles. The fourth-order valence-electron chi connectivity index (χ4n) is 0.860. The van der Waals surface area contributed by atoms with Crippen LogP contribution in [0.3, 0.4) is 0 Å². The van der Waals surface area contributed by atoms with Gasteiger partial charge in [-0.05, 0) is 0 Å². The molecule has 2 aromatic heterocycles. The highest BCUT2D eigenvalue weighted by Crippen LogP contribution is 1.98. The molecule has 56 valence electrons. The van der Waals surface area contributed by atoms with E-state index in [2.05, 4.69) is 19.9 Å². The van der Waals surface area contributed by atoms with E-state index in [-0.39, 0.29) is 11.5 Å². The number of hydrogen-bond acceptors (Lipinski definition) is 4. The summed E-state index contributed by atoms with van der Waals surface area (Å²) in [4.78, 5) is 23.5. The number of aromatic amines is 2. The number of imidazole rings is 1. The van der Waals surface area contributed by atoms with Gasteiger partial charge in [0, 0.05) is 0 Å². The molecule has 0 bridgehead atoms. The third kappa shape index (κ3) is 0.759. The first-order valence-electron chi connectivity index (χ1n) is 2.96.